The second kappa shape index (κ2) is 6.12. The summed E-state index contributed by atoms with van der Waals surface area (Å²) in [6.07, 6.45) is 5.77. The molecule has 2 heterocycles. The van der Waals surface area contributed by atoms with Crippen LogP contribution in [0, 0.1) is 0 Å². The molecule has 0 aromatic carbocycles. The Morgan fingerprint density at radius 3 is 3.24 bits per heavy atom. The molecule has 94 valence electrons. The van der Waals surface area contributed by atoms with Crippen LogP contribution in [0.15, 0.2) is 11.6 Å². The van der Waals surface area contributed by atoms with Gasteiger partial charge in [0, 0.05) is 31.1 Å². The molecule has 1 unspecified atom stereocenters. The monoisotopic (exact) mass is 253 g/mol. The third-order valence-corrected chi connectivity index (χ3v) is 4.03. The van der Waals surface area contributed by atoms with Crippen LogP contribution in [0.3, 0.4) is 0 Å². The zero-order valence-corrected chi connectivity index (χ0v) is 11.0. The molecule has 1 fully saturated rings. The van der Waals surface area contributed by atoms with E-state index in [9.17, 15) is 4.79 Å². The number of aromatic nitrogens is 1. The van der Waals surface area contributed by atoms with Crippen LogP contribution in [0.1, 0.15) is 36.7 Å². The first-order valence-corrected chi connectivity index (χ1v) is 7.04. The Kier molecular flexibility index (Phi) is 4.50. The number of rotatable bonds is 4. The third-order valence-electron chi connectivity index (χ3n) is 3.15. The molecule has 1 saturated heterocycles. The number of nitrogens with one attached hydrogen (secondary N) is 1. The summed E-state index contributed by atoms with van der Waals surface area (Å²) in [5.74, 6) is 0.249. The first-order valence-electron chi connectivity index (χ1n) is 6.16. The van der Waals surface area contributed by atoms with Gasteiger partial charge in [0.15, 0.2) is 0 Å². The Hall–Kier alpha value is -0.940. The fourth-order valence-electron chi connectivity index (χ4n) is 2.26. The van der Waals surface area contributed by atoms with Crippen LogP contribution >= 0.6 is 11.3 Å². The zero-order chi connectivity index (χ0) is 12.1. The molecule has 2 rings (SSSR count). The van der Waals surface area contributed by atoms with E-state index in [1.807, 2.05) is 23.5 Å². The largest absolute Gasteiger partial charge is 0.333 e. The third kappa shape index (κ3) is 3.04. The first-order chi connectivity index (χ1) is 8.33. The highest BCUT2D eigenvalue weighted by Crippen LogP contribution is 2.32. The molecule has 0 radical (unpaired) electrons. The van der Waals surface area contributed by atoms with E-state index in [0.29, 0.717) is 6.42 Å². The van der Waals surface area contributed by atoms with E-state index in [0.717, 1.165) is 30.9 Å². The Bertz CT molecular complexity index is 353. The van der Waals surface area contributed by atoms with Crippen LogP contribution in [-0.4, -0.2) is 35.9 Å². The number of hydrogen-bond acceptors (Lipinski definition) is 4. The van der Waals surface area contributed by atoms with Gasteiger partial charge in [-0.25, -0.2) is 4.98 Å². The van der Waals surface area contributed by atoms with Gasteiger partial charge in [-0.1, -0.05) is 0 Å². The van der Waals surface area contributed by atoms with Gasteiger partial charge in [-0.15, -0.1) is 11.3 Å². The lowest BCUT2D eigenvalue weighted by molar-refractivity contribution is -0.134. The van der Waals surface area contributed by atoms with E-state index < -0.39 is 0 Å². The Morgan fingerprint density at radius 2 is 2.53 bits per heavy atom. The Morgan fingerprint density at radius 1 is 1.65 bits per heavy atom. The lowest BCUT2D eigenvalue weighted by Gasteiger charge is -2.34. The number of thiazole rings is 1. The number of amides is 1. The number of carbonyl (C=O) groups is 1. The van der Waals surface area contributed by atoms with E-state index in [1.54, 1.807) is 11.3 Å². The van der Waals surface area contributed by atoms with Crippen LogP contribution in [-0.2, 0) is 4.79 Å². The lowest BCUT2D eigenvalue weighted by atomic mass is 10.0. The van der Waals surface area contributed by atoms with Gasteiger partial charge in [0.05, 0.1) is 6.04 Å². The number of nitrogens with zero attached hydrogens (tertiary/aromatic N) is 2. The summed E-state index contributed by atoms with van der Waals surface area (Å²) < 4.78 is 0. The fraction of sp³-hybridized carbons (Fsp3) is 0.667. The molecule has 17 heavy (non-hydrogen) atoms. The van der Waals surface area contributed by atoms with Crippen molar-refractivity contribution in [1.29, 1.82) is 0 Å². The topological polar surface area (TPSA) is 45.2 Å². The summed E-state index contributed by atoms with van der Waals surface area (Å²) in [6, 6.07) is 0.216. The van der Waals surface area contributed by atoms with Gasteiger partial charge in [-0.05, 0) is 26.3 Å². The van der Waals surface area contributed by atoms with Crippen LogP contribution in [0.2, 0.25) is 0 Å². The summed E-state index contributed by atoms with van der Waals surface area (Å²) in [4.78, 5) is 18.5. The average molecular weight is 253 g/mol. The standard InChI is InChI=1S/C12H19N3OS/c1-13-6-5-11(16)15-8-3-2-4-10(15)12-14-7-9-17-12/h7,9-10,13H,2-6,8H2,1H3. The molecule has 1 amide bonds. The molecule has 1 N–H and O–H groups in total. The Balaban J connectivity index is 2.04. The molecule has 0 saturated carbocycles. The van der Waals surface area contributed by atoms with E-state index in [-0.39, 0.29) is 11.9 Å². The van der Waals surface area contributed by atoms with Crippen molar-refractivity contribution in [2.24, 2.45) is 0 Å². The molecule has 0 aliphatic carbocycles. The van der Waals surface area contributed by atoms with E-state index in [2.05, 4.69) is 10.3 Å². The average Bonchev–Trinajstić information content (AvgIpc) is 2.89. The zero-order valence-electron chi connectivity index (χ0n) is 10.2. The lowest BCUT2D eigenvalue weighted by Crippen LogP contribution is -2.39. The van der Waals surface area contributed by atoms with Crippen molar-refractivity contribution < 1.29 is 4.79 Å². The molecule has 1 aliphatic rings. The first kappa shape index (κ1) is 12.5. The summed E-state index contributed by atoms with van der Waals surface area (Å²) in [6.45, 7) is 1.63. The van der Waals surface area contributed by atoms with Gasteiger partial charge in [0.2, 0.25) is 5.91 Å². The van der Waals surface area contributed by atoms with Crippen molar-refractivity contribution in [3.05, 3.63) is 16.6 Å². The molecule has 5 heteroatoms. The van der Waals surface area contributed by atoms with Crippen LogP contribution in [0.5, 0.6) is 0 Å². The van der Waals surface area contributed by atoms with Gasteiger partial charge in [-0.3, -0.25) is 4.79 Å². The van der Waals surface area contributed by atoms with E-state index >= 15 is 0 Å². The maximum atomic E-state index is 12.1. The molecule has 0 spiro atoms. The second-order valence-electron chi connectivity index (χ2n) is 4.32. The fourth-order valence-corrected chi connectivity index (χ4v) is 3.05. The van der Waals surface area contributed by atoms with Crippen LogP contribution in [0.4, 0.5) is 0 Å². The van der Waals surface area contributed by atoms with Crippen molar-refractivity contribution in [1.82, 2.24) is 15.2 Å². The molecule has 4 nitrogen and oxygen atoms in total. The van der Waals surface area contributed by atoms with Crippen molar-refractivity contribution in [2.75, 3.05) is 20.1 Å². The predicted octanol–water partition coefficient (Wildman–Crippen LogP) is 1.81. The highest BCUT2D eigenvalue weighted by atomic mass is 32.1. The minimum Gasteiger partial charge on any atom is -0.333 e. The van der Waals surface area contributed by atoms with Gasteiger partial charge in [-0.2, -0.15) is 0 Å². The highest BCUT2D eigenvalue weighted by molar-refractivity contribution is 7.09. The van der Waals surface area contributed by atoms with E-state index in [1.165, 1.54) is 6.42 Å². The van der Waals surface area contributed by atoms with Gasteiger partial charge >= 0.3 is 0 Å². The van der Waals surface area contributed by atoms with Gasteiger partial charge in [0.1, 0.15) is 5.01 Å². The maximum Gasteiger partial charge on any atom is 0.224 e. The number of hydrogen-bond donors (Lipinski definition) is 1. The molecule has 0 bridgehead atoms. The van der Waals surface area contributed by atoms with Crippen LogP contribution < -0.4 is 5.32 Å². The quantitative estimate of drug-likeness (QED) is 0.890. The highest BCUT2D eigenvalue weighted by Gasteiger charge is 2.28. The minimum absolute atomic E-state index is 0.216. The number of likely N-dealkylation sites (tertiary alicyclic amines) is 1. The minimum atomic E-state index is 0.216. The second-order valence-corrected chi connectivity index (χ2v) is 5.25. The van der Waals surface area contributed by atoms with E-state index in [4.69, 9.17) is 0 Å². The SMILES string of the molecule is CNCCC(=O)N1CCCCC1c1nccs1. The molecule has 1 aliphatic heterocycles. The molecule has 1 aromatic heterocycles. The number of piperidine rings is 1. The number of carbonyl (C=O) groups excluding carboxylic acids is 1. The molecular formula is C12H19N3OS. The summed E-state index contributed by atoms with van der Waals surface area (Å²) >= 11 is 1.65. The maximum absolute atomic E-state index is 12.1. The predicted molar refractivity (Wildman–Crippen MR) is 69.0 cm³/mol. The van der Waals surface area contributed by atoms with Gasteiger partial charge in [0.25, 0.3) is 0 Å². The molecule has 1 aromatic rings. The van der Waals surface area contributed by atoms with Crippen molar-refractivity contribution >= 4 is 17.2 Å². The van der Waals surface area contributed by atoms with Gasteiger partial charge < -0.3 is 10.2 Å². The molecular weight excluding hydrogens is 234 g/mol. The van der Waals surface area contributed by atoms with Crippen LogP contribution in [0.25, 0.3) is 0 Å². The van der Waals surface area contributed by atoms with Crippen molar-refractivity contribution in [3.63, 3.8) is 0 Å². The molecule has 1 atom stereocenters. The summed E-state index contributed by atoms with van der Waals surface area (Å²) in [7, 11) is 1.88. The normalized spacial score (nSPS) is 20.5. The summed E-state index contributed by atoms with van der Waals surface area (Å²) in [5.41, 5.74) is 0. The Labute approximate surface area is 106 Å². The summed E-state index contributed by atoms with van der Waals surface area (Å²) in [5, 5.41) is 6.10. The van der Waals surface area contributed by atoms with Crippen molar-refractivity contribution in [2.45, 2.75) is 31.7 Å². The van der Waals surface area contributed by atoms with Crippen molar-refractivity contribution in [3.8, 4) is 0 Å². The smallest absolute Gasteiger partial charge is 0.224 e.